The highest BCUT2D eigenvalue weighted by molar-refractivity contribution is 5.95. The standard InChI is InChI=1S/C18H18FN3O2/c1-24-10-9-22-12-13(14-5-4-8-20-18(14)22)11-17(23)21-16-7-3-2-6-15(16)19/h2-8,12H,9-11H2,1H3,(H,21,23). The minimum Gasteiger partial charge on any atom is -0.383 e. The van der Waals surface area contributed by atoms with Crippen LogP contribution < -0.4 is 5.32 Å². The van der Waals surface area contributed by atoms with Crippen molar-refractivity contribution in [3.63, 3.8) is 0 Å². The number of pyridine rings is 1. The number of benzene rings is 1. The first-order valence-corrected chi connectivity index (χ1v) is 7.65. The fourth-order valence-electron chi connectivity index (χ4n) is 2.63. The molecular formula is C18H18FN3O2. The number of amides is 1. The molecule has 3 aromatic rings. The molecule has 1 aromatic carbocycles. The first-order valence-electron chi connectivity index (χ1n) is 7.65. The van der Waals surface area contributed by atoms with Crippen LogP contribution in [0, 0.1) is 5.82 Å². The summed E-state index contributed by atoms with van der Waals surface area (Å²) in [6, 6.07) is 9.88. The van der Waals surface area contributed by atoms with Crippen molar-refractivity contribution in [1.29, 1.82) is 0 Å². The predicted molar refractivity (Wildman–Crippen MR) is 90.3 cm³/mol. The van der Waals surface area contributed by atoms with Gasteiger partial charge >= 0.3 is 0 Å². The molecule has 0 fully saturated rings. The van der Waals surface area contributed by atoms with E-state index in [-0.39, 0.29) is 18.0 Å². The van der Waals surface area contributed by atoms with Gasteiger partial charge in [0.05, 0.1) is 18.7 Å². The summed E-state index contributed by atoms with van der Waals surface area (Å²) >= 11 is 0. The number of hydrogen-bond donors (Lipinski definition) is 1. The lowest BCUT2D eigenvalue weighted by atomic mass is 10.1. The highest BCUT2D eigenvalue weighted by Gasteiger charge is 2.13. The van der Waals surface area contributed by atoms with Crippen molar-refractivity contribution in [2.24, 2.45) is 0 Å². The van der Waals surface area contributed by atoms with Crippen LogP contribution in [0.1, 0.15) is 5.56 Å². The number of fused-ring (bicyclic) bond motifs is 1. The highest BCUT2D eigenvalue weighted by atomic mass is 19.1. The molecule has 0 unspecified atom stereocenters. The van der Waals surface area contributed by atoms with E-state index in [0.29, 0.717) is 13.2 Å². The van der Waals surface area contributed by atoms with Gasteiger partial charge in [-0.2, -0.15) is 0 Å². The van der Waals surface area contributed by atoms with Gasteiger partial charge in [-0.3, -0.25) is 4.79 Å². The molecule has 0 aliphatic heterocycles. The van der Waals surface area contributed by atoms with Gasteiger partial charge in [0, 0.05) is 31.4 Å². The summed E-state index contributed by atoms with van der Waals surface area (Å²) in [5.74, 6) is -0.718. The molecule has 0 spiro atoms. The average Bonchev–Trinajstić information content (AvgIpc) is 2.93. The van der Waals surface area contributed by atoms with E-state index in [4.69, 9.17) is 4.74 Å². The van der Waals surface area contributed by atoms with Crippen molar-refractivity contribution in [2.75, 3.05) is 19.0 Å². The van der Waals surface area contributed by atoms with Gasteiger partial charge in [-0.05, 0) is 29.8 Å². The maximum Gasteiger partial charge on any atom is 0.228 e. The lowest BCUT2D eigenvalue weighted by Crippen LogP contribution is -2.15. The average molecular weight is 327 g/mol. The Balaban J connectivity index is 1.82. The monoisotopic (exact) mass is 327 g/mol. The second-order valence-electron chi connectivity index (χ2n) is 5.42. The van der Waals surface area contributed by atoms with Crippen molar-refractivity contribution in [3.05, 3.63) is 60.2 Å². The highest BCUT2D eigenvalue weighted by Crippen LogP contribution is 2.21. The zero-order valence-corrected chi connectivity index (χ0v) is 13.3. The molecule has 2 heterocycles. The number of nitrogens with one attached hydrogen (secondary N) is 1. The predicted octanol–water partition coefficient (Wildman–Crippen LogP) is 3.00. The Bertz CT molecular complexity index is 860. The maximum absolute atomic E-state index is 13.6. The summed E-state index contributed by atoms with van der Waals surface area (Å²) < 4.78 is 20.7. The molecule has 0 bridgehead atoms. The number of aromatic nitrogens is 2. The molecule has 2 aromatic heterocycles. The zero-order valence-electron chi connectivity index (χ0n) is 13.3. The largest absolute Gasteiger partial charge is 0.383 e. The molecule has 0 saturated carbocycles. The molecule has 124 valence electrons. The van der Waals surface area contributed by atoms with E-state index in [0.717, 1.165) is 16.6 Å². The molecule has 0 radical (unpaired) electrons. The molecule has 0 atom stereocenters. The number of nitrogens with zero attached hydrogens (tertiary/aromatic N) is 2. The molecule has 3 rings (SSSR count). The fourth-order valence-corrected chi connectivity index (χ4v) is 2.63. The number of carbonyl (C=O) groups is 1. The van der Waals surface area contributed by atoms with Crippen LogP contribution in [0.4, 0.5) is 10.1 Å². The van der Waals surface area contributed by atoms with E-state index < -0.39 is 5.82 Å². The lowest BCUT2D eigenvalue weighted by Gasteiger charge is -2.05. The van der Waals surface area contributed by atoms with Crippen LogP contribution in [0.3, 0.4) is 0 Å². The van der Waals surface area contributed by atoms with Gasteiger partial charge in [0.1, 0.15) is 11.5 Å². The van der Waals surface area contributed by atoms with Crippen molar-refractivity contribution in [2.45, 2.75) is 13.0 Å². The van der Waals surface area contributed by atoms with Crippen LogP contribution >= 0.6 is 0 Å². The quantitative estimate of drug-likeness (QED) is 0.757. The summed E-state index contributed by atoms with van der Waals surface area (Å²) in [5.41, 5.74) is 1.84. The van der Waals surface area contributed by atoms with Crippen molar-refractivity contribution in [3.8, 4) is 0 Å². The van der Waals surface area contributed by atoms with E-state index in [1.807, 2.05) is 22.9 Å². The van der Waals surface area contributed by atoms with E-state index in [2.05, 4.69) is 10.3 Å². The molecule has 1 N–H and O–H groups in total. The van der Waals surface area contributed by atoms with Gasteiger partial charge in [-0.1, -0.05) is 12.1 Å². The van der Waals surface area contributed by atoms with Gasteiger partial charge in [-0.15, -0.1) is 0 Å². The minimum atomic E-state index is -0.449. The molecule has 24 heavy (non-hydrogen) atoms. The summed E-state index contributed by atoms with van der Waals surface area (Å²) in [7, 11) is 1.64. The lowest BCUT2D eigenvalue weighted by molar-refractivity contribution is -0.115. The molecule has 5 nitrogen and oxygen atoms in total. The number of rotatable bonds is 6. The van der Waals surface area contributed by atoms with Gasteiger partial charge in [0.25, 0.3) is 0 Å². The Kier molecular flexibility index (Phi) is 4.86. The normalized spacial score (nSPS) is 10.9. The third-order valence-electron chi connectivity index (χ3n) is 3.75. The smallest absolute Gasteiger partial charge is 0.228 e. The Morgan fingerprint density at radius 1 is 1.29 bits per heavy atom. The number of carbonyl (C=O) groups excluding carboxylic acids is 1. The van der Waals surface area contributed by atoms with Gasteiger partial charge < -0.3 is 14.6 Å². The SMILES string of the molecule is COCCn1cc(CC(=O)Nc2ccccc2F)c2cccnc21. The third-order valence-corrected chi connectivity index (χ3v) is 3.75. The molecule has 6 heteroatoms. The molecule has 0 saturated heterocycles. The topological polar surface area (TPSA) is 56.1 Å². The Hall–Kier alpha value is -2.73. The second kappa shape index (κ2) is 7.23. The van der Waals surface area contributed by atoms with E-state index in [1.54, 1.807) is 25.4 Å². The third kappa shape index (κ3) is 3.44. The van der Waals surface area contributed by atoms with Crippen LogP contribution in [0.2, 0.25) is 0 Å². The first kappa shape index (κ1) is 16.1. The summed E-state index contributed by atoms with van der Waals surface area (Å²) in [6.45, 7) is 1.21. The second-order valence-corrected chi connectivity index (χ2v) is 5.42. The number of para-hydroxylation sites is 1. The van der Waals surface area contributed by atoms with Gasteiger partial charge in [-0.25, -0.2) is 9.37 Å². The number of ether oxygens (including phenoxy) is 1. The van der Waals surface area contributed by atoms with Gasteiger partial charge in [0.2, 0.25) is 5.91 Å². The zero-order chi connectivity index (χ0) is 16.9. The van der Waals surface area contributed by atoms with Crippen LogP contribution in [-0.2, 0) is 22.5 Å². The first-order chi connectivity index (χ1) is 11.7. The van der Waals surface area contributed by atoms with Crippen LogP contribution in [0.25, 0.3) is 11.0 Å². The number of halogens is 1. The van der Waals surface area contributed by atoms with Crippen molar-refractivity contribution >= 4 is 22.6 Å². The van der Waals surface area contributed by atoms with Crippen molar-refractivity contribution in [1.82, 2.24) is 9.55 Å². The number of hydrogen-bond acceptors (Lipinski definition) is 3. The van der Waals surface area contributed by atoms with Gasteiger partial charge in [0.15, 0.2) is 0 Å². The minimum absolute atomic E-state index is 0.149. The Morgan fingerprint density at radius 2 is 2.12 bits per heavy atom. The summed E-state index contributed by atoms with van der Waals surface area (Å²) in [5, 5.41) is 3.52. The summed E-state index contributed by atoms with van der Waals surface area (Å²) in [6.07, 6.45) is 3.77. The molecule has 1 amide bonds. The molecular weight excluding hydrogens is 309 g/mol. The summed E-state index contributed by atoms with van der Waals surface area (Å²) in [4.78, 5) is 16.6. The Labute approximate surface area is 139 Å². The Morgan fingerprint density at radius 3 is 2.92 bits per heavy atom. The van der Waals surface area contributed by atoms with Crippen molar-refractivity contribution < 1.29 is 13.9 Å². The van der Waals surface area contributed by atoms with Crippen LogP contribution in [-0.4, -0.2) is 29.2 Å². The van der Waals surface area contributed by atoms with Crippen LogP contribution in [0.15, 0.2) is 48.8 Å². The van der Waals surface area contributed by atoms with E-state index >= 15 is 0 Å². The molecule has 0 aliphatic carbocycles. The molecule has 0 aliphatic rings. The van der Waals surface area contributed by atoms with E-state index in [9.17, 15) is 9.18 Å². The van der Waals surface area contributed by atoms with Crippen LogP contribution in [0.5, 0.6) is 0 Å². The fraction of sp³-hybridized carbons (Fsp3) is 0.222. The maximum atomic E-state index is 13.6. The number of methoxy groups -OCH3 is 1. The van der Waals surface area contributed by atoms with E-state index in [1.165, 1.54) is 12.1 Å². The number of anilines is 1.